The van der Waals surface area contributed by atoms with Gasteiger partial charge < -0.3 is 15.6 Å². The molecule has 5 nitrogen and oxygen atoms in total. The van der Waals surface area contributed by atoms with E-state index in [-0.39, 0.29) is 5.97 Å². The number of carboxylic acids is 1. The Bertz CT molecular complexity index is 419. The predicted octanol–water partition coefficient (Wildman–Crippen LogP) is 1.12. The smallest absolute Gasteiger partial charge is 0.337 e. The van der Waals surface area contributed by atoms with Crippen molar-refractivity contribution < 1.29 is 19.4 Å². The highest BCUT2D eigenvalue weighted by atomic mass is 32.2. The van der Waals surface area contributed by atoms with Crippen LogP contribution in [-0.2, 0) is 15.3 Å². The van der Waals surface area contributed by atoms with Gasteiger partial charge in [0.2, 0.25) is 0 Å². The molecule has 3 N–H and O–H groups in total. The minimum absolute atomic E-state index is 0.355. The molecule has 1 unspecified atom stereocenters. The first-order valence-electron chi connectivity index (χ1n) is 5.28. The van der Waals surface area contributed by atoms with Gasteiger partial charge in [-0.2, -0.15) is 11.8 Å². The number of carbonyl (C=O) groups excluding carboxylic acids is 1. The molecule has 0 aliphatic rings. The molecular weight excluding hydrogens is 254 g/mol. The quantitative estimate of drug-likeness (QED) is 0.752. The Morgan fingerprint density at radius 3 is 2.50 bits per heavy atom. The number of methoxy groups -OCH3 is 1. The van der Waals surface area contributed by atoms with Crippen molar-refractivity contribution in [3.8, 4) is 0 Å². The van der Waals surface area contributed by atoms with E-state index in [1.54, 1.807) is 12.1 Å². The van der Waals surface area contributed by atoms with Crippen molar-refractivity contribution in [1.29, 1.82) is 0 Å². The zero-order chi connectivity index (χ0) is 13.5. The van der Waals surface area contributed by atoms with Crippen LogP contribution in [0.2, 0.25) is 0 Å². The molecule has 6 heteroatoms. The maximum atomic E-state index is 11.2. The van der Waals surface area contributed by atoms with Crippen LogP contribution in [0.5, 0.6) is 0 Å². The Labute approximate surface area is 109 Å². The van der Waals surface area contributed by atoms with Crippen LogP contribution in [0.4, 0.5) is 0 Å². The van der Waals surface area contributed by atoms with E-state index >= 15 is 0 Å². The van der Waals surface area contributed by atoms with Crippen LogP contribution in [0.25, 0.3) is 0 Å². The van der Waals surface area contributed by atoms with Crippen LogP contribution in [0.15, 0.2) is 24.3 Å². The molecule has 1 rings (SSSR count). The van der Waals surface area contributed by atoms with Crippen molar-refractivity contribution in [2.75, 3.05) is 12.9 Å². The zero-order valence-electron chi connectivity index (χ0n) is 9.96. The average molecular weight is 269 g/mol. The van der Waals surface area contributed by atoms with E-state index in [9.17, 15) is 9.59 Å². The fraction of sp³-hybridized carbons (Fsp3) is 0.333. The van der Waals surface area contributed by atoms with Crippen molar-refractivity contribution in [3.05, 3.63) is 35.4 Å². The average Bonchev–Trinajstić information content (AvgIpc) is 2.38. The van der Waals surface area contributed by atoms with Crippen LogP contribution in [0.3, 0.4) is 0 Å². The third kappa shape index (κ3) is 4.38. The summed E-state index contributed by atoms with van der Waals surface area (Å²) in [4.78, 5) is 21.7. The summed E-state index contributed by atoms with van der Waals surface area (Å²) < 4.78 is 4.59. The highest BCUT2D eigenvalue weighted by Crippen LogP contribution is 2.14. The summed E-state index contributed by atoms with van der Waals surface area (Å²) in [5.41, 5.74) is 6.88. The highest BCUT2D eigenvalue weighted by molar-refractivity contribution is 7.98. The van der Waals surface area contributed by atoms with Crippen molar-refractivity contribution in [2.24, 2.45) is 5.73 Å². The second kappa shape index (κ2) is 7.03. The molecule has 0 spiro atoms. The summed E-state index contributed by atoms with van der Waals surface area (Å²) in [6, 6.07) is 6.14. The minimum Gasteiger partial charge on any atom is -0.480 e. The Kier molecular flexibility index (Phi) is 5.67. The first-order valence-corrected chi connectivity index (χ1v) is 6.43. The third-order valence-corrected chi connectivity index (χ3v) is 3.39. The zero-order valence-corrected chi connectivity index (χ0v) is 10.8. The van der Waals surface area contributed by atoms with Crippen LogP contribution in [-0.4, -0.2) is 35.9 Å². The van der Waals surface area contributed by atoms with Gasteiger partial charge in [-0.3, -0.25) is 4.79 Å². The van der Waals surface area contributed by atoms with Gasteiger partial charge in [0.1, 0.15) is 6.04 Å². The summed E-state index contributed by atoms with van der Waals surface area (Å²) in [5.74, 6) is -0.359. The summed E-state index contributed by atoms with van der Waals surface area (Å²) in [6.45, 7) is 0. The molecule has 0 aliphatic carbocycles. The van der Waals surface area contributed by atoms with Crippen LogP contribution < -0.4 is 5.73 Å². The molecule has 0 heterocycles. The lowest BCUT2D eigenvalue weighted by Gasteiger charge is -2.06. The number of carbonyl (C=O) groups is 2. The Hall–Kier alpha value is -1.53. The maximum Gasteiger partial charge on any atom is 0.337 e. The van der Waals surface area contributed by atoms with Crippen LogP contribution in [0.1, 0.15) is 15.9 Å². The van der Waals surface area contributed by atoms with Crippen molar-refractivity contribution in [1.82, 2.24) is 0 Å². The van der Waals surface area contributed by atoms with E-state index in [2.05, 4.69) is 4.74 Å². The lowest BCUT2D eigenvalue weighted by Crippen LogP contribution is -2.32. The Morgan fingerprint density at radius 2 is 2.00 bits per heavy atom. The lowest BCUT2D eigenvalue weighted by atomic mass is 10.1. The van der Waals surface area contributed by atoms with Gasteiger partial charge in [-0.1, -0.05) is 12.1 Å². The van der Waals surface area contributed by atoms with E-state index < -0.39 is 12.0 Å². The lowest BCUT2D eigenvalue weighted by molar-refractivity contribution is -0.137. The van der Waals surface area contributed by atoms with E-state index in [1.807, 2.05) is 12.1 Å². The van der Waals surface area contributed by atoms with Gasteiger partial charge in [-0.25, -0.2) is 4.79 Å². The van der Waals surface area contributed by atoms with E-state index in [1.165, 1.54) is 18.9 Å². The van der Waals surface area contributed by atoms with Gasteiger partial charge in [0.25, 0.3) is 0 Å². The van der Waals surface area contributed by atoms with E-state index in [0.717, 1.165) is 5.56 Å². The van der Waals surface area contributed by atoms with Crippen molar-refractivity contribution in [2.45, 2.75) is 11.8 Å². The van der Waals surface area contributed by atoms with Gasteiger partial charge in [0.05, 0.1) is 12.7 Å². The third-order valence-electron chi connectivity index (χ3n) is 2.26. The molecule has 0 saturated carbocycles. The molecule has 18 heavy (non-hydrogen) atoms. The number of benzene rings is 1. The normalized spacial score (nSPS) is 11.9. The summed E-state index contributed by atoms with van der Waals surface area (Å²) in [6.07, 6.45) is 0. The number of esters is 1. The largest absolute Gasteiger partial charge is 0.480 e. The minimum atomic E-state index is -0.997. The number of ether oxygens (including phenoxy) is 1. The molecule has 98 valence electrons. The topological polar surface area (TPSA) is 89.6 Å². The van der Waals surface area contributed by atoms with Crippen molar-refractivity contribution in [3.63, 3.8) is 0 Å². The SMILES string of the molecule is COC(=O)c1ccc(CSCC(N)C(=O)O)cc1. The first-order chi connectivity index (χ1) is 8.54. The van der Waals surface area contributed by atoms with Crippen LogP contribution >= 0.6 is 11.8 Å². The Morgan fingerprint density at radius 1 is 1.39 bits per heavy atom. The van der Waals surface area contributed by atoms with E-state index in [0.29, 0.717) is 17.1 Å². The van der Waals surface area contributed by atoms with E-state index in [4.69, 9.17) is 10.8 Å². The first kappa shape index (κ1) is 14.5. The molecule has 0 aromatic heterocycles. The molecule has 1 aromatic rings. The monoisotopic (exact) mass is 269 g/mol. The highest BCUT2D eigenvalue weighted by Gasteiger charge is 2.11. The fourth-order valence-corrected chi connectivity index (χ4v) is 2.17. The molecule has 0 bridgehead atoms. The number of aliphatic carboxylic acids is 1. The van der Waals surface area contributed by atoms with Gasteiger partial charge in [-0.05, 0) is 17.7 Å². The van der Waals surface area contributed by atoms with Gasteiger partial charge in [0, 0.05) is 11.5 Å². The molecule has 0 fully saturated rings. The fourth-order valence-electron chi connectivity index (χ4n) is 1.23. The van der Waals surface area contributed by atoms with Gasteiger partial charge in [-0.15, -0.1) is 0 Å². The number of rotatable bonds is 6. The number of hydrogen-bond donors (Lipinski definition) is 2. The maximum absolute atomic E-state index is 11.2. The summed E-state index contributed by atoms with van der Waals surface area (Å²) in [7, 11) is 1.33. The number of thioether (sulfide) groups is 1. The van der Waals surface area contributed by atoms with Gasteiger partial charge >= 0.3 is 11.9 Å². The van der Waals surface area contributed by atoms with Crippen LogP contribution in [0, 0.1) is 0 Å². The van der Waals surface area contributed by atoms with Gasteiger partial charge in [0.15, 0.2) is 0 Å². The molecule has 0 aliphatic heterocycles. The number of hydrogen-bond acceptors (Lipinski definition) is 5. The molecule has 1 aromatic carbocycles. The summed E-state index contributed by atoms with van der Waals surface area (Å²) in [5, 5.41) is 8.61. The molecule has 1 atom stereocenters. The summed E-state index contributed by atoms with van der Waals surface area (Å²) >= 11 is 1.44. The number of nitrogens with two attached hydrogens (primary N) is 1. The molecule has 0 saturated heterocycles. The standard InChI is InChI=1S/C12H15NO4S/c1-17-12(16)9-4-2-8(3-5-9)6-18-7-10(13)11(14)15/h2-5,10H,6-7,13H2,1H3,(H,14,15). The number of carboxylic acid groups (broad SMARTS) is 1. The molecule has 0 amide bonds. The Balaban J connectivity index is 2.44. The second-order valence-electron chi connectivity index (χ2n) is 3.65. The molecular formula is C12H15NO4S. The second-order valence-corrected chi connectivity index (χ2v) is 4.68. The predicted molar refractivity (Wildman–Crippen MR) is 69.6 cm³/mol. The molecule has 0 radical (unpaired) electrons. The van der Waals surface area contributed by atoms with Crippen molar-refractivity contribution >= 4 is 23.7 Å².